The van der Waals surface area contributed by atoms with Crippen LogP contribution in [0.1, 0.15) is 42.1 Å². The lowest BCUT2D eigenvalue weighted by Gasteiger charge is -2.11. The van der Waals surface area contributed by atoms with E-state index in [4.69, 9.17) is 53.1 Å². The second-order valence-electron chi connectivity index (χ2n) is 8.74. The van der Waals surface area contributed by atoms with Gasteiger partial charge < -0.3 is 35.2 Å². The van der Waals surface area contributed by atoms with E-state index in [2.05, 4.69) is 5.32 Å². The molecule has 0 saturated carbocycles. The minimum atomic E-state index is -1.23. The summed E-state index contributed by atoms with van der Waals surface area (Å²) in [6.45, 7) is 1.90. The molecule has 0 aliphatic carbocycles. The lowest BCUT2D eigenvalue weighted by Crippen LogP contribution is -2.11. The van der Waals surface area contributed by atoms with Gasteiger partial charge in [0, 0.05) is 11.3 Å². The quantitative estimate of drug-likeness (QED) is 0.102. The van der Waals surface area contributed by atoms with E-state index in [1.54, 1.807) is 60.7 Å². The zero-order valence-electron chi connectivity index (χ0n) is 24.1. The molecule has 0 aliphatic rings. The molecule has 1 atom stereocenters. The van der Waals surface area contributed by atoms with E-state index in [9.17, 15) is 19.2 Å². The number of anilines is 2. The average molecular weight is 651 g/mol. The van der Waals surface area contributed by atoms with Crippen molar-refractivity contribution in [2.24, 2.45) is 0 Å². The zero-order chi connectivity index (χ0) is 33.2. The van der Waals surface area contributed by atoms with Crippen molar-refractivity contribution in [1.29, 1.82) is 0 Å². The van der Waals surface area contributed by atoms with E-state index in [0.717, 1.165) is 6.42 Å². The first-order chi connectivity index (χ1) is 20.8. The van der Waals surface area contributed by atoms with Gasteiger partial charge in [-0.1, -0.05) is 49.2 Å². The third kappa shape index (κ3) is 13.5. The molecule has 0 radical (unpaired) electrons. The molecule has 44 heavy (non-hydrogen) atoms. The highest BCUT2D eigenvalue weighted by atomic mass is 35.5. The van der Waals surface area contributed by atoms with Crippen LogP contribution in [0.3, 0.4) is 0 Å². The number of carboxylic acids is 4. The van der Waals surface area contributed by atoms with Crippen LogP contribution < -0.4 is 14.8 Å². The molecule has 3 aromatic rings. The van der Waals surface area contributed by atoms with Crippen molar-refractivity contribution in [3.8, 4) is 11.5 Å². The number of carboxylic acid groups (broad SMARTS) is 4. The largest absolute Gasteiger partial charge is 0.497 e. The Morgan fingerprint density at radius 2 is 1.55 bits per heavy atom. The fraction of sp³-hybridized carbons (Fsp3) is 0.226. The van der Waals surface area contributed by atoms with Gasteiger partial charge in [0.05, 0.1) is 36.9 Å². The van der Waals surface area contributed by atoms with Gasteiger partial charge >= 0.3 is 23.9 Å². The van der Waals surface area contributed by atoms with E-state index in [0.29, 0.717) is 39.9 Å². The van der Waals surface area contributed by atoms with Crippen LogP contribution in [0, 0.1) is 0 Å². The van der Waals surface area contributed by atoms with Crippen molar-refractivity contribution >= 4 is 64.5 Å². The molecule has 0 aliphatic heterocycles. The number of halogens is 2. The van der Waals surface area contributed by atoms with Crippen molar-refractivity contribution in [2.75, 3.05) is 19.5 Å². The maximum absolute atomic E-state index is 11.1. The number of aromatic carboxylic acids is 1. The normalized spacial score (nSPS) is 11.0. The van der Waals surface area contributed by atoms with Gasteiger partial charge in [0.2, 0.25) is 0 Å². The fourth-order valence-corrected chi connectivity index (χ4v) is 3.78. The number of carbonyl (C=O) groups is 4. The summed E-state index contributed by atoms with van der Waals surface area (Å²) in [5, 5.41) is 37.5. The summed E-state index contributed by atoms with van der Waals surface area (Å²) in [4.78, 5) is 42.3. The molecule has 5 N–H and O–H groups in total. The monoisotopic (exact) mass is 649 g/mol. The summed E-state index contributed by atoms with van der Waals surface area (Å²) < 4.78 is 10.0. The molecule has 0 unspecified atom stereocenters. The number of benzene rings is 3. The Hall–Kier alpha value is -4.74. The van der Waals surface area contributed by atoms with Crippen LogP contribution in [0.5, 0.6) is 11.5 Å². The van der Waals surface area contributed by atoms with Crippen LogP contribution in [0.2, 0.25) is 5.02 Å². The molecule has 0 saturated heterocycles. The molecule has 0 spiro atoms. The standard InChI is InChI=1S/C14H12ClNO3.C12H12O5.C5H9ClO2/c1-19-13-7-6-9(8-11(13)15)16-12-5-3-2-4-10(12)14(17)18;1-17-10-4-2-8(3-5-10)6-9(12(15)16)7-11(13)14;1-2-3-4(6)5(7)8/h2-8,16H,1H3,(H,17,18);2-6H,7H2,1H3,(H,13,14)(H,15,16);4H,2-3H2,1H3,(H,7,8)/t;;4-/m..1/s1. The maximum Gasteiger partial charge on any atom is 0.337 e. The molecule has 3 aromatic carbocycles. The zero-order valence-corrected chi connectivity index (χ0v) is 25.6. The topological polar surface area (TPSA) is 180 Å². The van der Waals surface area contributed by atoms with Gasteiger partial charge in [0.1, 0.15) is 16.9 Å². The van der Waals surface area contributed by atoms with Crippen LogP contribution in [0.25, 0.3) is 6.08 Å². The van der Waals surface area contributed by atoms with E-state index in [1.165, 1.54) is 26.4 Å². The predicted molar refractivity (Wildman–Crippen MR) is 168 cm³/mol. The summed E-state index contributed by atoms with van der Waals surface area (Å²) in [5.74, 6) is -3.09. The maximum atomic E-state index is 11.1. The number of para-hydroxylation sites is 1. The van der Waals surface area contributed by atoms with Crippen molar-refractivity contribution in [3.63, 3.8) is 0 Å². The summed E-state index contributed by atoms with van der Waals surface area (Å²) >= 11 is 11.3. The SMILES string of the molecule is CCC[C@@H](Cl)C(=O)O.COc1ccc(C=C(CC(=O)O)C(=O)O)cc1.COc1ccc(Nc2ccccc2C(=O)O)cc1Cl. The van der Waals surface area contributed by atoms with Crippen LogP contribution in [-0.4, -0.2) is 63.9 Å². The van der Waals surface area contributed by atoms with Crippen LogP contribution in [0.15, 0.2) is 72.3 Å². The first-order valence-electron chi connectivity index (χ1n) is 12.9. The molecular weight excluding hydrogens is 617 g/mol. The van der Waals surface area contributed by atoms with E-state index < -0.39 is 35.7 Å². The summed E-state index contributed by atoms with van der Waals surface area (Å²) in [6, 6.07) is 18.5. The molecule has 0 heterocycles. The van der Waals surface area contributed by atoms with Crippen molar-refractivity contribution < 1.29 is 49.1 Å². The molecule has 0 amide bonds. The first-order valence-corrected chi connectivity index (χ1v) is 13.7. The van der Waals surface area contributed by atoms with E-state index in [1.807, 2.05) is 6.92 Å². The summed E-state index contributed by atoms with van der Waals surface area (Å²) in [5.41, 5.74) is 1.86. The second-order valence-corrected chi connectivity index (χ2v) is 9.67. The van der Waals surface area contributed by atoms with Gasteiger partial charge in [-0.3, -0.25) is 9.59 Å². The molecule has 236 valence electrons. The first kappa shape index (κ1) is 37.3. The lowest BCUT2D eigenvalue weighted by atomic mass is 10.1. The van der Waals surface area contributed by atoms with Crippen molar-refractivity contribution in [3.05, 3.63) is 88.5 Å². The van der Waals surface area contributed by atoms with Gasteiger partial charge in [0.15, 0.2) is 0 Å². The van der Waals surface area contributed by atoms with Gasteiger partial charge in [-0.15, -0.1) is 11.6 Å². The Morgan fingerprint density at radius 3 is 2.00 bits per heavy atom. The van der Waals surface area contributed by atoms with Gasteiger partial charge in [-0.05, 0) is 60.5 Å². The van der Waals surface area contributed by atoms with Crippen molar-refractivity contribution in [1.82, 2.24) is 0 Å². The molecule has 11 nitrogen and oxygen atoms in total. The molecule has 3 rings (SSSR count). The Labute approximate surface area is 264 Å². The van der Waals surface area contributed by atoms with E-state index >= 15 is 0 Å². The summed E-state index contributed by atoms with van der Waals surface area (Å²) in [6.07, 6.45) is 2.19. The minimum absolute atomic E-state index is 0.164. The number of nitrogens with one attached hydrogen (secondary N) is 1. The third-order valence-electron chi connectivity index (χ3n) is 5.47. The Balaban J connectivity index is 0.000000357. The molecular formula is C31H33Cl2NO10. The number of rotatable bonds is 12. The number of ether oxygens (including phenoxy) is 2. The number of hydrogen-bond acceptors (Lipinski definition) is 7. The number of methoxy groups -OCH3 is 2. The van der Waals surface area contributed by atoms with Crippen molar-refractivity contribution in [2.45, 2.75) is 31.6 Å². The molecule has 0 fully saturated rings. The van der Waals surface area contributed by atoms with Crippen LogP contribution >= 0.6 is 23.2 Å². The Morgan fingerprint density at radius 1 is 0.909 bits per heavy atom. The minimum Gasteiger partial charge on any atom is -0.497 e. The third-order valence-corrected chi connectivity index (χ3v) is 6.17. The fourth-order valence-electron chi connectivity index (χ4n) is 3.31. The van der Waals surface area contributed by atoms with Gasteiger partial charge in [-0.2, -0.15) is 0 Å². The van der Waals surface area contributed by atoms with Crippen LogP contribution in [-0.2, 0) is 14.4 Å². The van der Waals surface area contributed by atoms with Gasteiger partial charge in [0.25, 0.3) is 0 Å². The predicted octanol–water partition coefficient (Wildman–Crippen LogP) is 6.91. The highest BCUT2D eigenvalue weighted by Crippen LogP contribution is 2.29. The lowest BCUT2D eigenvalue weighted by molar-refractivity contribution is -0.139. The molecule has 13 heteroatoms. The van der Waals surface area contributed by atoms with E-state index in [-0.39, 0.29) is 11.1 Å². The number of hydrogen-bond donors (Lipinski definition) is 5. The Kier molecular flexibility index (Phi) is 16.5. The molecule has 0 bridgehead atoms. The average Bonchev–Trinajstić information content (AvgIpc) is 2.98. The Bertz CT molecular complexity index is 1440. The highest BCUT2D eigenvalue weighted by Gasteiger charge is 2.12. The smallest absolute Gasteiger partial charge is 0.337 e. The number of aliphatic carboxylic acids is 3. The molecule has 0 aromatic heterocycles. The summed E-state index contributed by atoms with van der Waals surface area (Å²) in [7, 11) is 3.06. The highest BCUT2D eigenvalue weighted by molar-refractivity contribution is 6.32. The second kappa shape index (κ2) is 19.4. The van der Waals surface area contributed by atoms with Gasteiger partial charge in [-0.25, -0.2) is 9.59 Å². The number of alkyl halides is 1. The van der Waals surface area contributed by atoms with Crippen LogP contribution in [0.4, 0.5) is 11.4 Å².